The number of nitrogens with zero attached hydrogens (tertiary/aromatic N) is 1. The first-order chi connectivity index (χ1) is 6.17. The van der Waals surface area contributed by atoms with E-state index in [-0.39, 0.29) is 26.3 Å². The van der Waals surface area contributed by atoms with Gasteiger partial charge in [-0.25, -0.2) is 0 Å². The molecule has 0 aromatic carbocycles. The van der Waals surface area contributed by atoms with Crippen molar-refractivity contribution >= 4 is 11.8 Å². The van der Waals surface area contributed by atoms with E-state index in [0.29, 0.717) is 0 Å². The number of hydrogen-bond donors (Lipinski definition) is 3. The summed E-state index contributed by atoms with van der Waals surface area (Å²) in [7, 11) is 1.34. The number of nitrogens with one attached hydrogen (secondary N) is 1. The number of likely N-dealkylation sites (N-methyl/N-ethyl adjacent to an activating group) is 1. The SMILES string of the molecule is CNC(=O)C(=O)N(CCO)CCO. The van der Waals surface area contributed by atoms with Crippen LogP contribution in [0.5, 0.6) is 0 Å². The smallest absolute Gasteiger partial charge is 0.312 e. The molecule has 0 heterocycles. The predicted molar refractivity (Wildman–Crippen MR) is 44.8 cm³/mol. The summed E-state index contributed by atoms with van der Waals surface area (Å²) in [4.78, 5) is 23.1. The molecule has 0 aliphatic carbocycles. The highest BCUT2D eigenvalue weighted by Crippen LogP contribution is 1.88. The van der Waals surface area contributed by atoms with Crippen LogP contribution < -0.4 is 5.32 Å². The van der Waals surface area contributed by atoms with E-state index in [1.165, 1.54) is 7.05 Å². The first kappa shape index (κ1) is 11.9. The van der Waals surface area contributed by atoms with Crippen LogP contribution in [0.1, 0.15) is 0 Å². The molecule has 0 radical (unpaired) electrons. The van der Waals surface area contributed by atoms with Gasteiger partial charge in [0.2, 0.25) is 0 Å². The summed E-state index contributed by atoms with van der Waals surface area (Å²) in [6, 6.07) is 0. The molecule has 6 heteroatoms. The second kappa shape index (κ2) is 6.38. The summed E-state index contributed by atoms with van der Waals surface area (Å²) in [5, 5.41) is 19.3. The van der Waals surface area contributed by atoms with E-state index in [1.807, 2.05) is 0 Å². The van der Waals surface area contributed by atoms with E-state index in [2.05, 4.69) is 5.32 Å². The summed E-state index contributed by atoms with van der Waals surface area (Å²) in [6.07, 6.45) is 0. The van der Waals surface area contributed by atoms with Crippen molar-refractivity contribution in [3.63, 3.8) is 0 Å². The van der Waals surface area contributed by atoms with Gasteiger partial charge in [0.15, 0.2) is 0 Å². The summed E-state index contributed by atoms with van der Waals surface area (Å²) in [6.45, 7) is -0.370. The molecule has 0 aliphatic rings. The van der Waals surface area contributed by atoms with Gasteiger partial charge in [-0.1, -0.05) is 0 Å². The first-order valence-corrected chi connectivity index (χ1v) is 3.90. The average Bonchev–Trinajstić information content (AvgIpc) is 2.15. The fourth-order valence-corrected chi connectivity index (χ4v) is 0.807. The maximum Gasteiger partial charge on any atom is 0.312 e. The van der Waals surface area contributed by atoms with Gasteiger partial charge in [-0.3, -0.25) is 9.59 Å². The Kier molecular flexibility index (Phi) is 5.82. The van der Waals surface area contributed by atoms with Crippen LogP contribution in [-0.2, 0) is 9.59 Å². The van der Waals surface area contributed by atoms with Gasteiger partial charge in [-0.15, -0.1) is 0 Å². The summed E-state index contributed by atoms with van der Waals surface area (Å²) in [5.41, 5.74) is 0. The molecular weight excluding hydrogens is 176 g/mol. The van der Waals surface area contributed by atoms with Gasteiger partial charge in [0.05, 0.1) is 13.2 Å². The van der Waals surface area contributed by atoms with Crippen molar-refractivity contribution in [1.29, 1.82) is 0 Å². The summed E-state index contributed by atoms with van der Waals surface area (Å²) < 4.78 is 0. The number of carbonyl (C=O) groups is 2. The van der Waals surface area contributed by atoms with Crippen LogP contribution in [0.2, 0.25) is 0 Å². The molecule has 0 aromatic rings. The van der Waals surface area contributed by atoms with Gasteiger partial charge in [-0.2, -0.15) is 0 Å². The second-order valence-corrected chi connectivity index (χ2v) is 2.32. The third-order valence-corrected chi connectivity index (χ3v) is 1.45. The quantitative estimate of drug-likeness (QED) is 0.429. The van der Waals surface area contributed by atoms with Gasteiger partial charge in [0.25, 0.3) is 0 Å². The van der Waals surface area contributed by atoms with Crippen molar-refractivity contribution in [2.75, 3.05) is 33.4 Å². The summed E-state index contributed by atoms with van der Waals surface area (Å²) >= 11 is 0. The van der Waals surface area contributed by atoms with Crippen molar-refractivity contribution in [2.24, 2.45) is 0 Å². The number of hydrogen-bond acceptors (Lipinski definition) is 4. The molecule has 2 amide bonds. The number of aliphatic hydroxyl groups excluding tert-OH is 2. The molecule has 0 fully saturated rings. The normalized spacial score (nSPS) is 9.46. The topological polar surface area (TPSA) is 89.9 Å². The van der Waals surface area contributed by atoms with E-state index < -0.39 is 11.8 Å². The molecule has 0 unspecified atom stereocenters. The Hall–Kier alpha value is -1.14. The van der Waals surface area contributed by atoms with E-state index in [0.717, 1.165) is 4.90 Å². The van der Waals surface area contributed by atoms with Crippen molar-refractivity contribution in [1.82, 2.24) is 10.2 Å². The molecule has 76 valence electrons. The standard InChI is InChI=1S/C7H14N2O4/c1-8-6(12)7(13)9(2-4-10)3-5-11/h10-11H,2-5H2,1H3,(H,8,12). The van der Waals surface area contributed by atoms with E-state index in [1.54, 1.807) is 0 Å². The molecule has 0 spiro atoms. The highest BCUT2D eigenvalue weighted by molar-refractivity contribution is 6.34. The van der Waals surface area contributed by atoms with Crippen LogP contribution in [-0.4, -0.2) is 60.3 Å². The number of rotatable bonds is 4. The zero-order valence-corrected chi connectivity index (χ0v) is 7.49. The molecular formula is C7H14N2O4. The zero-order chi connectivity index (χ0) is 10.3. The molecule has 0 bridgehead atoms. The van der Waals surface area contributed by atoms with Gasteiger partial charge in [-0.05, 0) is 0 Å². The molecule has 0 saturated heterocycles. The largest absolute Gasteiger partial charge is 0.395 e. The van der Waals surface area contributed by atoms with E-state index in [9.17, 15) is 9.59 Å². The van der Waals surface area contributed by atoms with Crippen LogP contribution in [0.25, 0.3) is 0 Å². The van der Waals surface area contributed by atoms with Crippen LogP contribution in [0, 0.1) is 0 Å². The Bertz CT molecular complexity index is 177. The van der Waals surface area contributed by atoms with Gasteiger partial charge < -0.3 is 20.4 Å². The molecule has 0 atom stereocenters. The average molecular weight is 190 g/mol. The van der Waals surface area contributed by atoms with Crippen LogP contribution in [0.4, 0.5) is 0 Å². The minimum absolute atomic E-state index is 0.0484. The lowest BCUT2D eigenvalue weighted by atomic mass is 10.4. The Balaban J connectivity index is 4.18. The van der Waals surface area contributed by atoms with Crippen LogP contribution in [0.15, 0.2) is 0 Å². The third kappa shape index (κ3) is 3.86. The lowest BCUT2D eigenvalue weighted by Gasteiger charge is -2.18. The predicted octanol–water partition coefficient (Wildman–Crippen LogP) is -2.45. The lowest BCUT2D eigenvalue weighted by molar-refractivity contribution is -0.146. The second-order valence-electron chi connectivity index (χ2n) is 2.32. The monoisotopic (exact) mass is 190 g/mol. The summed E-state index contributed by atoms with van der Waals surface area (Å²) in [5.74, 6) is -1.49. The van der Waals surface area contributed by atoms with Crippen molar-refractivity contribution in [3.8, 4) is 0 Å². The van der Waals surface area contributed by atoms with Crippen molar-refractivity contribution in [3.05, 3.63) is 0 Å². The number of amides is 2. The minimum atomic E-state index is -0.748. The maximum absolute atomic E-state index is 11.1. The molecule has 3 N–H and O–H groups in total. The van der Waals surface area contributed by atoms with Crippen molar-refractivity contribution < 1.29 is 19.8 Å². The lowest BCUT2D eigenvalue weighted by Crippen LogP contribution is -2.44. The number of carbonyl (C=O) groups excluding carboxylic acids is 2. The Morgan fingerprint density at radius 3 is 2.00 bits per heavy atom. The first-order valence-electron chi connectivity index (χ1n) is 3.90. The van der Waals surface area contributed by atoms with Crippen molar-refractivity contribution in [2.45, 2.75) is 0 Å². The Morgan fingerprint density at radius 2 is 1.69 bits per heavy atom. The van der Waals surface area contributed by atoms with Gasteiger partial charge in [0, 0.05) is 20.1 Å². The maximum atomic E-state index is 11.1. The molecule has 0 rings (SSSR count). The highest BCUT2D eigenvalue weighted by atomic mass is 16.3. The van der Waals surface area contributed by atoms with Gasteiger partial charge in [0.1, 0.15) is 0 Å². The fourth-order valence-electron chi connectivity index (χ4n) is 0.807. The highest BCUT2D eigenvalue weighted by Gasteiger charge is 2.19. The Labute approximate surface area is 76.2 Å². The molecule has 6 nitrogen and oxygen atoms in total. The van der Waals surface area contributed by atoms with E-state index >= 15 is 0 Å². The minimum Gasteiger partial charge on any atom is -0.395 e. The van der Waals surface area contributed by atoms with Crippen LogP contribution in [0.3, 0.4) is 0 Å². The van der Waals surface area contributed by atoms with Crippen LogP contribution >= 0.6 is 0 Å². The molecule has 13 heavy (non-hydrogen) atoms. The molecule has 0 aromatic heterocycles. The van der Waals surface area contributed by atoms with Gasteiger partial charge >= 0.3 is 11.8 Å². The Morgan fingerprint density at radius 1 is 1.23 bits per heavy atom. The fraction of sp³-hybridized carbons (Fsp3) is 0.714. The third-order valence-electron chi connectivity index (χ3n) is 1.45. The zero-order valence-electron chi connectivity index (χ0n) is 7.49. The molecule has 0 aliphatic heterocycles. The van der Waals surface area contributed by atoms with E-state index in [4.69, 9.17) is 10.2 Å². The number of aliphatic hydroxyl groups is 2. The molecule has 0 saturated carbocycles.